The summed E-state index contributed by atoms with van der Waals surface area (Å²) in [7, 11) is 0. The number of amides is 2. The molecule has 0 saturated heterocycles. The van der Waals surface area contributed by atoms with E-state index in [-0.39, 0.29) is 18.5 Å². The van der Waals surface area contributed by atoms with Crippen molar-refractivity contribution < 1.29 is 14.7 Å². The summed E-state index contributed by atoms with van der Waals surface area (Å²) < 4.78 is 0. The van der Waals surface area contributed by atoms with Crippen molar-refractivity contribution in [1.82, 2.24) is 10.2 Å². The highest BCUT2D eigenvalue weighted by molar-refractivity contribution is 7.98. The van der Waals surface area contributed by atoms with Gasteiger partial charge in [-0.1, -0.05) is 6.92 Å². The zero-order valence-corrected chi connectivity index (χ0v) is 11.8. The van der Waals surface area contributed by atoms with Crippen LogP contribution in [0.3, 0.4) is 0 Å². The lowest BCUT2D eigenvalue weighted by atomic mass is 10.2. The van der Waals surface area contributed by atoms with E-state index >= 15 is 0 Å². The molecule has 0 aromatic heterocycles. The highest BCUT2D eigenvalue weighted by Gasteiger charge is 2.32. The van der Waals surface area contributed by atoms with E-state index < -0.39 is 5.97 Å². The second-order valence-corrected chi connectivity index (χ2v) is 5.73. The van der Waals surface area contributed by atoms with Crippen molar-refractivity contribution >= 4 is 23.8 Å². The number of carboxylic acids is 1. The fourth-order valence-electron chi connectivity index (χ4n) is 1.76. The molecule has 1 atom stereocenters. The zero-order chi connectivity index (χ0) is 13.5. The van der Waals surface area contributed by atoms with Gasteiger partial charge in [-0.25, -0.2) is 4.79 Å². The Morgan fingerprint density at radius 3 is 2.67 bits per heavy atom. The van der Waals surface area contributed by atoms with Crippen LogP contribution >= 0.6 is 11.8 Å². The summed E-state index contributed by atoms with van der Waals surface area (Å²) in [6.45, 7) is 3.05. The molecule has 104 valence electrons. The third-order valence-electron chi connectivity index (χ3n) is 2.87. The number of carbonyl (C=O) groups excluding carboxylic acids is 1. The van der Waals surface area contributed by atoms with Crippen LogP contribution in [0.1, 0.15) is 26.2 Å². The summed E-state index contributed by atoms with van der Waals surface area (Å²) in [4.78, 5) is 24.2. The summed E-state index contributed by atoms with van der Waals surface area (Å²) in [6.07, 6.45) is 4.05. The second kappa shape index (κ2) is 7.51. The number of hydrogen-bond donors (Lipinski definition) is 2. The molecule has 1 saturated carbocycles. The maximum absolute atomic E-state index is 12.0. The first kappa shape index (κ1) is 15.1. The van der Waals surface area contributed by atoms with Gasteiger partial charge in [0.2, 0.25) is 0 Å². The van der Waals surface area contributed by atoms with Crippen LogP contribution in [0.15, 0.2) is 0 Å². The molecule has 18 heavy (non-hydrogen) atoms. The summed E-state index contributed by atoms with van der Waals surface area (Å²) in [5.41, 5.74) is 0. The SMILES string of the molecule is CSCC(C)CNC(=O)N(CCC(=O)O)C1CC1. The first-order valence-corrected chi connectivity index (χ1v) is 7.69. The van der Waals surface area contributed by atoms with Crippen LogP contribution in [-0.2, 0) is 4.79 Å². The number of rotatable bonds is 8. The predicted octanol–water partition coefficient (Wildman–Crippen LogP) is 1.63. The number of thioether (sulfide) groups is 1. The van der Waals surface area contributed by atoms with Gasteiger partial charge in [0.25, 0.3) is 0 Å². The summed E-state index contributed by atoms with van der Waals surface area (Å²) >= 11 is 1.76. The lowest BCUT2D eigenvalue weighted by Gasteiger charge is -2.23. The molecule has 6 heteroatoms. The largest absolute Gasteiger partial charge is 0.481 e. The minimum absolute atomic E-state index is 0.0181. The van der Waals surface area contributed by atoms with Crippen molar-refractivity contribution in [1.29, 1.82) is 0 Å². The van der Waals surface area contributed by atoms with Crippen LogP contribution in [0.25, 0.3) is 0 Å². The van der Waals surface area contributed by atoms with Gasteiger partial charge in [-0.2, -0.15) is 11.8 Å². The maximum Gasteiger partial charge on any atom is 0.317 e. The summed E-state index contributed by atoms with van der Waals surface area (Å²) in [5.74, 6) is 0.590. The summed E-state index contributed by atoms with van der Waals surface area (Å²) in [5, 5.41) is 11.6. The van der Waals surface area contributed by atoms with Gasteiger partial charge in [-0.15, -0.1) is 0 Å². The normalized spacial score (nSPS) is 16.1. The molecule has 0 aromatic carbocycles. The molecule has 1 rings (SSSR count). The van der Waals surface area contributed by atoms with Gasteiger partial charge in [-0.3, -0.25) is 4.79 Å². The van der Waals surface area contributed by atoms with Crippen molar-refractivity contribution in [2.75, 3.05) is 25.1 Å². The quantitative estimate of drug-likeness (QED) is 0.706. The number of carbonyl (C=O) groups is 2. The average Bonchev–Trinajstić information content (AvgIpc) is 3.11. The van der Waals surface area contributed by atoms with E-state index in [0.717, 1.165) is 18.6 Å². The number of aliphatic carboxylic acids is 1. The van der Waals surface area contributed by atoms with Gasteiger partial charge in [-0.05, 0) is 30.8 Å². The van der Waals surface area contributed by atoms with Crippen LogP contribution in [0.4, 0.5) is 4.79 Å². The Kier molecular flexibility index (Phi) is 6.32. The predicted molar refractivity (Wildman–Crippen MR) is 72.9 cm³/mol. The minimum Gasteiger partial charge on any atom is -0.481 e. The van der Waals surface area contributed by atoms with E-state index in [1.807, 2.05) is 6.26 Å². The van der Waals surface area contributed by atoms with Gasteiger partial charge in [0, 0.05) is 19.1 Å². The number of nitrogens with zero attached hydrogens (tertiary/aromatic N) is 1. The Bertz CT molecular complexity index is 295. The molecule has 5 nitrogen and oxygen atoms in total. The third kappa shape index (κ3) is 5.62. The first-order chi connectivity index (χ1) is 8.54. The zero-order valence-electron chi connectivity index (χ0n) is 11.0. The molecule has 2 amide bonds. The van der Waals surface area contributed by atoms with Crippen LogP contribution in [-0.4, -0.2) is 53.1 Å². The number of hydrogen-bond acceptors (Lipinski definition) is 3. The molecular formula is C12H22N2O3S. The van der Waals surface area contributed by atoms with Crippen molar-refractivity contribution in [3.05, 3.63) is 0 Å². The number of urea groups is 1. The third-order valence-corrected chi connectivity index (χ3v) is 3.77. The minimum atomic E-state index is -0.857. The molecule has 0 bridgehead atoms. The van der Waals surface area contributed by atoms with Gasteiger partial charge in [0.1, 0.15) is 0 Å². The Balaban J connectivity index is 2.33. The Morgan fingerprint density at radius 1 is 1.50 bits per heavy atom. The molecule has 0 radical (unpaired) electrons. The highest BCUT2D eigenvalue weighted by atomic mass is 32.2. The first-order valence-electron chi connectivity index (χ1n) is 6.29. The van der Waals surface area contributed by atoms with E-state index in [2.05, 4.69) is 12.2 Å². The standard InChI is InChI=1S/C12H22N2O3S/c1-9(8-18-2)7-13-12(17)14(10-3-4-10)6-5-11(15)16/h9-10H,3-8H2,1-2H3,(H,13,17)(H,15,16). The van der Waals surface area contributed by atoms with E-state index in [4.69, 9.17) is 5.11 Å². The van der Waals surface area contributed by atoms with Crippen molar-refractivity contribution in [3.63, 3.8) is 0 Å². The maximum atomic E-state index is 12.0. The van der Waals surface area contributed by atoms with Crippen molar-refractivity contribution in [3.8, 4) is 0 Å². The van der Waals surface area contributed by atoms with Crippen LogP contribution in [0.5, 0.6) is 0 Å². The molecule has 2 N–H and O–H groups in total. The Labute approximate surface area is 112 Å². The summed E-state index contributed by atoms with van der Waals surface area (Å²) in [6, 6.07) is 0.131. The van der Waals surface area contributed by atoms with Crippen LogP contribution in [0.2, 0.25) is 0 Å². The molecule has 0 aliphatic heterocycles. The van der Waals surface area contributed by atoms with E-state index in [9.17, 15) is 9.59 Å². The van der Waals surface area contributed by atoms with Gasteiger partial charge < -0.3 is 15.3 Å². The Hall–Kier alpha value is -0.910. The van der Waals surface area contributed by atoms with Gasteiger partial charge in [0.15, 0.2) is 0 Å². The smallest absolute Gasteiger partial charge is 0.317 e. The van der Waals surface area contributed by atoms with E-state index in [1.165, 1.54) is 0 Å². The molecule has 1 fully saturated rings. The number of carboxylic acid groups (broad SMARTS) is 1. The lowest BCUT2D eigenvalue weighted by molar-refractivity contribution is -0.137. The fraction of sp³-hybridized carbons (Fsp3) is 0.833. The molecule has 0 aromatic rings. The lowest BCUT2D eigenvalue weighted by Crippen LogP contribution is -2.44. The fourth-order valence-corrected chi connectivity index (χ4v) is 2.45. The van der Waals surface area contributed by atoms with E-state index in [0.29, 0.717) is 19.0 Å². The van der Waals surface area contributed by atoms with E-state index in [1.54, 1.807) is 16.7 Å². The topological polar surface area (TPSA) is 69.6 Å². The monoisotopic (exact) mass is 274 g/mol. The highest BCUT2D eigenvalue weighted by Crippen LogP contribution is 2.26. The molecule has 0 heterocycles. The number of nitrogens with one attached hydrogen (secondary N) is 1. The van der Waals surface area contributed by atoms with Gasteiger partial charge in [0.05, 0.1) is 6.42 Å². The molecule has 1 unspecified atom stereocenters. The van der Waals surface area contributed by atoms with Crippen LogP contribution in [0, 0.1) is 5.92 Å². The van der Waals surface area contributed by atoms with Crippen molar-refractivity contribution in [2.45, 2.75) is 32.2 Å². The van der Waals surface area contributed by atoms with Gasteiger partial charge >= 0.3 is 12.0 Å². The second-order valence-electron chi connectivity index (χ2n) is 4.81. The average molecular weight is 274 g/mol. The molecule has 1 aliphatic rings. The van der Waals surface area contributed by atoms with Crippen molar-refractivity contribution in [2.24, 2.45) is 5.92 Å². The molecule has 1 aliphatic carbocycles. The molecular weight excluding hydrogens is 252 g/mol. The molecule has 0 spiro atoms. The Morgan fingerprint density at radius 2 is 2.17 bits per heavy atom. The van der Waals surface area contributed by atoms with Crippen LogP contribution < -0.4 is 5.32 Å².